The van der Waals surface area contributed by atoms with E-state index in [0.717, 1.165) is 22.5 Å². The van der Waals surface area contributed by atoms with E-state index in [0.29, 0.717) is 42.1 Å². The Bertz CT molecular complexity index is 1310. The van der Waals surface area contributed by atoms with E-state index in [1.165, 1.54) is 6.20 Å². The number of aryl methyl sites for hydroxylation is 2. The molecule has 32 heavy (non-hydrogen) atoms. The van der Waals surface area contributed by atoms with Crippen molar-refractivity contribution >= 4 is 17.2 Å². The number of nitriles is 1. The molecule has 3 aromatic heterocycles. The van der Waals surface area contributed by atoms with Crippen molar-refractivity contribution in [2.24, 2.45) is 0 Å². The zero-order valence-electron chi connectivity index (χ0n) is 17.9. The molecule has 0 spiro atoms. The molecule has 1 N–H and O–H groups in total. The molecule has 0 saturated heterocycles. The summed E-state index contributed by atoms with van der Waals surface area (Å²) in [6, 6.07) is 13.2. The van der Waals surface area contributed by atoms with Crippen LogP contribution in [0.3, 0.4) is 0 Å². The first-order chi connectivity index (χ1) is 15.5. The quantitative estimate of drug-likeness (QED) is 0.482. The van der Waals surface area contributed by atoms with Crippen LogP contribution in [-0.2, 0) is 17.8 Å². The van der Waals surface area contributed by atoms with Crippen LogP contribution >= 0.6 is 0 Å². The molecule has 0 aliphatic heterocycles. The third-order valence-electron chi connectivity index (χ3n) is 5.18. The predicted octanol–water partition coefficient (Wildman–Crippen LogP) is 3.76. The first-order valence-corrected chi connectivity index (χ1v) is 10.2. The Balaban J connectivity index is 1.39. The van der Waals surface area contributed by atoms with Gasteiger partial charge in [0.05, 0.1) is 6.20 Å². The van der Waals surface area contributed by atoms with Crippen molar-refractivity contribution in [2.75, 3.05) is 5.32 Å². The summed E-state index contributed by atoms with van der Waals surface area (Å²) in [5.74, 6) is 0.562. The minimum absolute atomic E-state index is 0.105. The van der Waals surface area contributed by atoms with E-state index in [4.69, 9.17) is 4.74 Å². The summed E-state index contributed by atoms with van der Waals surface area (Å²) >= 11 is 0. The number of amides is 1. The fourth-order valence-electron chi connectivity index (χ4n) is 3.53. The van der Waals surface area contributed by atoms with Crippen LogP contribution in [0.2, 0.25) is 0 Å². The number of carbonyl (C=O) groups excluding carboxylic acids is 1. The van der Waals surface area contributed by atoms with Crippen LogP contribution in [0.15, 0.2) is 55.0 Å². The van der Waals surface area contributed by atoms with E-state index in [1.54, 1.807) is 23.0 Å². The molecule has 4 aromatic rings. The number of nitrogens with zero attached hydrogens (tertiary/aromatic N) is 5. The molecule has 0 fully saturated rings. The molecule has 0 aliphatic rings. The van der Waals surface area contributed by atoms with Crippen molar-refractivity contribution in [1.82, 2.24) is 19.6 Å². The molecular formula is C24H22N6O2. The molecule has 8 nitrogen and oxygen atoms in total. The van der Waals surface area contributed by atoms with Crippen molar-refractivity contribution in [2.45, 2.75) is 33.3 Å². The van der Waals surface area contributed by atoms with Crippen molar-refractivity contribution < 1.29 is 9.53 Å². The van der Waals surface area contributed by atoms with Gasteiger partial charge >= 0.3 is 0 Å². The number of pyridine rings is 1. The Morgan fingerprint density at radius 1 is 1.22 bits per heavy atom. The summed E-state index contributed by atoms with van der Waals surface area (Å²) in [6.07, 6.45) is 5.80. The van der Waals surface area contributed by atoms with Crippen LogP contribution in [-0.4, -0.2) is 25.5 Å². The Morgan fingerprint density at radius 2 is 2.09 bits per heavy atom. The van der Waals surface area contributed by atoms with Crippen LogP contribution < -0.4 is 10.1 Å². The Morgan fingerprint density at radius 3 is 2.88 bits per heavy atom. The molecular weight excluding hydrogens is 404 g/mol. The van der Waals surface area contributed by atoms with Gasteiger partial charge in [-0.1, -0.05) is 12.1 Å². The van der Waals surface area contributed by atoms with Crippen LogP contribution in [0.25, 0.3) is 5.65 Å². The van der Waals surface area contributed by atoms with Gasteiger partial charge in [0.25, 0.3) is 0 Å². The maximum Gasteiger partial charge on any atom is 0.224 e. The minimum atomic E-state index is -0.105. The summed E-state index contributed by atoms with van der Waals surface area (Å²) in [6.45, 7) is 4.21. The number of rotatable bonds is 7. The van der Waals surface area contributed by atoms with Gasteiger partial charge in [-0.3, -0.25) is 9.78 Å². The van der Waals surface area contributed by atoms with Gasteiger partial charge in [-0.25, -0.2) is 9.50 Å². The third-order valence-corrected chi connectivity index (χ3v) is 5.18. The maximum atomic E-state index is 12.6. The summed E-state index contributed by atoms with van der Waals surface area (Å²) in [5.41, 5.74) is 5.25. The SMILES string of the molecule is Cc1nc2c(C#N)cnn2c(C)c1CCC(=O)Nc1cccc(OCc2cccnc2)c1. The van der Waals surface area contributed by atoms with Crippen molar-refractivity contribution in [3.63, 3.8) is 0 Å². The zero-order chi connectivity index (χ0) is 22.5. The van der Waals surface area contributed by atoms with Crippen LogP contribution in [0.1, 0.15) is 34.5 Å². The molecule has 0 aliphatic carbocycles. The van der Waals surface area contributed by atoms with Gasteiger partial charge in [-0.15, -0.1) is 0 Å². The monoisotopic (exact) mass is 426 g/mol. The number of benzene rings is 1. The number of hydrogen-bond acceptors (Lipinski definition) is 6. The normalized spacial score (nSPS) is 10.7. The molecule has 3 heterocycles. The molecule has 0 unspecified atom stereocenters. The van der Waals surface area contributed by atoms with Gasteiger partial charge in [0.1, 0.15) is 24.0 Å². The van der Waals surface area contributed by atoms with Gasteiger partial charge in [-0.2, -0.15) is 10.4 Å². The summed E-state index contributed by atoms with van der Waals surface area (Å²) in [5, 5.41) is 16.4. The number of aromatic nitrogens is 4. The fraction of sp³-hybridized carbons (Fsp3) is 0.208. The lowest BCUT2D eigenvalue weighted by Crippen LogP contribution is -2.14. The number of fused-ring (bicyclic) bond motifs is 1. The number of hydrogen-bond donors (Lipinski definition) is 1. The van der Waals surface area contributed by atoms with Gasteiger partial charge in [-0.05, 0) is 44.0 Å². The molecule has 1 aromatic carbocycles. The Labute approximate surface area is 185 Å². The van der Waals surface area contributed by atoms with E-state index >= 15 is 0 Å². The first-order valence-electron chi connectivity index (χ1n) is 10.2. The van der Waals surface area contributed by atoms with E-state index < -0.39 is 0 Å². The largest absolute Gasteiger partial charge is 0.489 e. The summed E-state index contributed by atoms with van der Waals surface area (Å²) in [4.78, 5) is 21.2. The highest BCUT2D eigenvalue weighted by Gasteiger charge is 2.15. The highest BCUT2D eigenvalue weighted by atomic mass is 16.5. The number of nitrogens with one attached hydrogen (secondary N) is 1. The summed E-state index contributed by atoms with van der Waals surface area (Å²) in [7, 11) is 0. The number of ether oxygens (including phenoxy) is 1. The summed E-state index contributed by atoms with van der Waals surface area (Å²) < 4.78 is 7.45. The third kappa shape index (κ3) is 4.57. The smallest absolute Gasteiger partial charge is 0.224 e. The number of carbonyl (C=O) groups is 1. The molecule has 160 valence electrons. The van der Waals surface area contributed by atoms with Gasteiger partial charge in [0, 0.05) is 47.5 Å². The van der Waals surface area contributed by atoms with Gasteiger partial charge in [0.15, 0.2) is 5.65 Å². The van der Waals surface area contributed by atoms with E-state index in [1.807, 2.05) is 44.2 Å². The molecule has 4 rings (SSSR count). The topological polar surface area (TPSA) is 105 Å². The second kappa shape index (κ2) is 9.27. The van der Waals surface area contributed by atoms with Crippen molar-refractivity contribution in [3.8, 4) is 11.8 Å². The first kappa shape index (κ1) is 21.0. The maximum absolute atomic E-state index is 12.6. The molecule has 8 heteroatoms. The van der Waals surface area contributed by atoms with Gasteiger partial charge in [0.2, 0.25) is 5.91 Å². The lowest BCUT2D eigenvalue weighted by Gasteiger charge is -2.12. The van der Waals surface area contributed by atoms with Crippen molar-refractivity contribution in [3.05, 3.63) is 83.1 Å². The average molecular weight is 426 g/mol. The molecule has 1 amide bonds. The van der Waals surface area contributed by atoms with E-state index in [9.17, 15) is 10.1 Å². The highest BCUT2D eigenvalue weighted by molar-refractivity contribution is 5.91. The average Bonchev–Trinajstić information content (AvgIpc) is 3.21. The lowest BCUT2D eigenvalue weighted by molar-refractivity contribution is -0.116. The second-order valence-corrected chi connectivity index (χ2v) is 7.39. The predicted molar refractivity (Wildman–Crippen MR) is 119 cm³/mol. The van der Waals surface area contributed by atoms with E-state index in [-0.39, 0.29) is 5.91 Å². The molecule has 0 radical (unpaired) electrons. The Hall–Kier alpha value is -4.25. The Kier molecular flexibility index (Phi) is 6.08. The fourth-order valence-corrected chi connectivity index (χ4v) is 3.53. The highest BCUT2D eigenvalue weighted by Crippen LogP contribution is 2.21. The minimum Gasteiger partial charge on any atom is -0.489 e. The second-order valence-electron chi connectivity index (χ2n) is 7.39. The molecule has 0 bridgehead atoms. The van der Waals surface area contributed by atoms with Gasteiger partial charge < -0.3 is 10.1 Å². The standard InChI is InChI=1S/C24H22N6O2/c1-16-22(17(2)30-24(28-16)19(12-25)14-27-30)8-9-23(31)29-20-6-3-7-21(11-20)32-15-18-5-4-10-26-13-18/h3-7,10-11,13-14H,8-9,15H2,1-2H3,(H,29,31). The van der Waals surface area contributed by atoms with E-state index in [2.05, 4.69) is 26.5 Å². The van der Waals surface area contributed by atoms with Crippen LogP contribution in [0.4, 0.5) is 5.69 Å². The van der Waals surface area contributed by atoms with Crippen LogP contribution in [0, 0.1) is 25.2 Å². The number of anilines is 1. The zero-order valence-corrected chi connectivity index (χ0v) is 17.9. The molecule has 0 saturated carbocycles. The van der Waals surface area contributed by atoms with Crippen molar-refractivity contribution in [1.29, 1.82) is 5.26 Å². The van der Waals surface area contributed by atoms with Crippen LogP contribution in [0.5, 0.6) is 5.75 Å². The molecule has 0 atom stereocenters. The lowest BCUT2D eigenvalue weighted by atomic mass is 10.1.